The molecule has 1 aliphatic rings. The van der Waals surface area contributed by atoms with Crippen LogP contribution < -0.4 is 0 Å². The third-order valence-electron chi connectivity index (χ3n) is 3.72. The molecular weight excluding hydrogens is 272 g/mol. The van der Waals surface area contributed by atoms with Gasteiger partial charge in [-0.2, -0.15) is 0 Å². The molecule has 1 saturated carbocycles. The van der Waals surface area contributed by atoms with Crippen molar-refractivity contribution in [1.29, 1.82) is 0 Å². The molecule has 0 radical (unpaired) electrons. The summed E-state index contributed by atoms with van der Waals surface area (Å²) in [5.41, 5.74) is 0.479. The van der Waals surface area contributed by atoms with E-state index in [9.17, 15) is 4.79 Å². The van der Waals surface area contributed by atoms with E-state index in [1.807, 2.05) is 7.05 Å². The van der Waals surface area contributed by atoms with Crippen molar-refractivity contribution in [3.63, 3.8) is 0 Å². The molecule has 2 heterocycles. The summed E-state index contributed by atoms with van der Waals surface area (Å²) in [6.45, 7) is 2.10. The molecular formula is C14H16N4OS. The van der Waals surface area contributed by atoms with Crippen LogP contribution in [0.1, 0.15) is 30.3 Å². The number of hydrogen-bond acceptors (Lipinski definition) is 5. The molecule has 6 heteroatoms. The molecule has 104 valence electrons. The number of carbonyl (C=O) groups is 1. The van der Waals surface area contributed by atoms with E-state index in [4.69, 9.17) is 0 Å². The lowest BCUT2D eigenvalue weighted by Gasteiger charge is -2.23. The van der Waals surface area contributed by atoms with Crippen LogP contribution in [0.4, 0.5) is 0 Å². The largest absolute Gasteiger partial charge is 0.337 e. The van der Waals surface area contributed by atoms with E-state index in [2.05, 4.69) is 21.9 Å². The molecule has 5 nitrogen and oxygen atoms in total. The zero-order valence-corrected chi connectivity index (χ0v) is 12.3. The standard InChI is InChI=1S/C14H16N4OS/c1-9(10-4-5-10)18(2)14(19)11-8-20-13(17-11)12-15-6-3-7-16-12/h3,6-10H,4-5H2,1-2H3. The summed E-state index contributed by atoms with van der Waals surface area (Å²) >= 11 is 1.40. The third-order valence-corrected chi connectivity index (χ3v) is 4.55. The van der Waals surface area contributed by atoms with Gasteiger partial charge in [-0.05, 0) is 31.7 Å². The van der Waals surface area contributed by atoms with Crippen molar-refractivity contribution in [2.45, 2.75) is 25.8 Å². The summed E-state index contributed by atoms with van der Waals surface area (Å²) in [5, 5.41) is 2.46. The quantitative estimate of drug-likeness (QED) is 0.867. The molecule has 0 saturated heterocycles. The zero-order chi connectivity index (χ0) is 14.1. The van der Waals surface area contributed by atoms with E-state index >= 15 is 0 Å². The van der Waals surface area contributed by atoms with Crippen molar-refractivity contribution in [3.8, 4) is 10.8 Å². The minimum atomic E-state index is -0.0252. The second-order valence-electron chi connectivity index (χ2n) is 5.10. The highest BCUT2D eigenvalue weighted by atomic mass is 32.1. The van der Waals surface area contributed by atoms with Crippen molar-refractivity contribution in [2.24, 2.45) is 5.92 Å². The van der Waals surface area contributed by atoms with Crippen LogP contribution in [0.2, 0.25) is 0 Å². The van der Waals surface area contributed by atoms with Crippen molar-refractivity contribution in [3.05, 3.63) is 29.5 Å². The molecule has 0 aromatic carbocycles. The van der Waals surface area contributed by atoms with Gasteiger partial charge < -0.3 is 4.90 Å². The maximum absolute atomic E-state index is 12.4. The first-order valence-corrected chi connectivity index (χ1v) is 7.55. The zero-order valence-electron chi connectivity index (χ0n) is 11.5. The number of aromatic nitrogens is 3. The monoisotopic (exact) mass is 288 g/mol. The Hall–Kier alpha value is -1.82. The highest BCUT2D eigenvalue weighted by Crippen LogP contribution is 2.35. The van der Waals surface area contributed by atoms with Crippen molar-refractivity contribution >= 4 is 17.2 Å². The van der Waals surface area contributed by atoms with E-state index in [1.165, 1.54) is 24.2 Å². The number of hydrogen-bond donors (Lipinski definition) is 0. The molecule has 1 unspecified atom stereocenters. The third kappa shape index (κ3) is 2.56. The van der Waals surface area contributed by atoms with E-state index in [1.54, 1.807) is 28.7 Å². The molecule has 1 amide bonds. The number of amides is 1. The fourth-order valence-corrected chi connectivity index (χ4v) is 2.88. The summed E-state index contributed by atoms with van der Waals surface area (Å²) < 4.78 is 0. The molecule has 2 aromatic rings. The molecule has 0 aliphatic heterocycles. The topological polar surface area (TPSA) is 59.0 Å². The normalized spacial score (nSPS) is 15.9. The van der Waals surface area contributed by atoms with Gasteiger partial charge in [-0.3, -0.25) is 4.79 Å². The fraction of sp³-hybridized carbons (Fsp3) is 0.429. The SMILES string of the molecule is CC(C1CC1)N(C)C(=O)c1csc(-c2ncccn2)n1. The van der Waals surface area contributed by atoms with E-state index in [0.29, 0.717) is 22.4 Å². The maximum atomic E-state index is 12.4. The Morgan fingerprint density at radius 3 is 2.75 bits per heavy atom. The Labute approximate surface area is 121 Å². The lowest BCUT2D eigenvalue weighted by atomic mass is 10.2. The lowest BCUT2D eigenvalue weighted by molar-refractivity contribution is 0.0722. The van der Waals surface area contributed by atoms with Crippen LogP contribution in [0.25, 0.3) is 10.8 Å². The van der Waals surface area contributed by atoms with Crippen LogP contribution in [0, 0.1) is 5.92 Å². The van der Waals surface area contributed by atoms with Crippen molar-refractivity contribution in [2.75, 3.05) is 7.05 Å². The molecule has 0 spiro atoms. The van der Waals surface area contributed by atoms with Gasteiger partial charge in [-0.15, -0.1) is 11.3 Å². The minimum absolute atomic E-state index is 0.0252. The van der Waals surface area contributed by atoms with Crippen LogP contribution in [0.3, 0.4) is 0 Å². The van der Waals surface area contributed by atoms with Gasteiger partial charge in [0.25, 0.3) is 5.91 Å². The van der Waals surface area contributed by atoms with E-state index < -0.39 is 0 Å². The van der Waals surface area contributed by atoms with Crippen LogP contribution in [0.5, 0.6) is 0 Å². The van der Waals surface area contributed by atoms with Crippen LogP contribution in [0.15, 0.2) is 23.8 Å². The summed E-state index contributed by atoms with van der Waals surface area (Å²) in [4.78, 5) is 26.9. The highest BCUT2D eigenvalue weighted by molar-refractivity contribution is 7.13. The molecule has 2 aromatic heterocycles. The molecule has 20 heavy (non-hydrogen) atoms. The van der Waals surface area contributed by atoms with Gasteiger partial charge in [0.15, 0.2) is 10.8 Å². The summed E-state index contributed by atoms with van der Waals surface area (Å²) in [5.74, 6) is 1.19. The molecule has 1 aliphatic carbocycles. The first-order valence-electron chi connectivity index (χ1n) is 6.67. The molecule has 3 rings (SSSR count). The Morgan fingerprint density at radius 2 is 2.10 bits per heavy atom. The summed E-state index contributed by atoms with van der Waals surface area (Å²) in [6, 6.07) is 2.04. The summed E-state index contributed by atoms with van der Waals surface area (Å²) in [6.07, 6.45) is 5.79. The van der Waals surface area contributed by atoms with Crippen LogP contribution >= 0.6 is 11.3 Å². The predicted molar refractivity (Wildman–Crippen MR) is 77.4 cm³/mol. The van der Waals surface area contributed by atoms with Crippen LogP contribution in [-0.2, 0) is 0 Å². The van der Waals surface area contributed by atoms with Gasteiger partial charge in [-0.1, -0.05) is 0 Å². The van der Waals surface area contributed by atoms with Gasteiger partial charge >= 0.3 is 0 Å². The van der Waals surface area contributed by atoms with Gasteiger partial charge in [0, 0.05) is 30.9 Å². The minimum Gasteiger partial charge on any atom is -0.337 e. The van der Waals surface area contributed by atoms with Crippen molar-refractivity contribution < 1.29 is 4.79 Å². The molecule has 0 N–H and O–H groups in total. The Balaban J connectivity index is 1.77. The average molecular weight is 288 g/mol. The predicted octanol–water partition coefficient (Wildman–Crippen LogP) is 2.47. The smallest absolute Gasteiger partial charge is 0.273 e. The molecule has 1 fully saturated rings. The first kappa shape index (κ1) is 13.2. The van der Waals surface area contributed by atoms with Crippen molar-refractivity contribution in [1.82, 2.24) is 19.9 Å². The highest BCUT2D eigenvalue weighted by Gasteiger charge is 2.33. The average Bonchev–Trinajstić information content (AvgIpc) is 3.22. The number of thiazole rings is 1. The molecule has 1 atom stereocenters. The Kier molecular flexibility index (Phi) is 3.48. The van der Waals surface area contributed by atoms with Gasteiger partial charge in [0.2, 0.25) is 0 Å². The Morgan fingerprint density at radius 1 is 1.40 bits per heavy atom. The van der Waals surface area contributed by atoms with Crippen LogP contribution in [-0.4, -0.2) is 38.8 Å². The number of carbonyl (C=O) groups excluding carboxylic acids is 1. The first-order chi connectivity index (χ1) is 9.66. The fourth-order valence-electron chi connectivity index (χ4n) is 2.14. The lowest BCUT2D eigenvalue weighted by Crippen LogP contribution is -2.36. The second-order valence-corrected chi connectivity index (χ2v) is 5.96. The van der Waals surface area contributed by atoms with Gasteiger partial charge in [0.05, 0.1) is 0 Å². The van der Waals surface area contributed by atoms with E-state index in [-0.39, 0.29) is 11.9 Å². The maximum Gasteiger partial charge on any atom is 0.273 e. The van der Waals surface area contributed by atoms with E-state index in [0.717, 1.165) is 0 Å². The van der Waals surface area contributed by atoms with Gasteiger partial charge in [-0.25, -0.2) is 15.0 Å². The molecule has 0 bridgehead atoms. The Bertz CT molecular complexity index is 609. The van der Waals surface area contributed by atoms with Gasteiger partial charge in [0.1, 0.15) is 5.69 Å². The summed E-state index contributed by atoms with van der Waals surface area (Å²) in [7, 11) is 1.85. The number of nitrogens with zero attached hydrogens (tertiary/aromatic N) is 4. The number of rotatable bonds is 4. The second kappa shape index (κ2) is 5.28.